The van der Waals surface area contributed by atoms with Crippen molar-refractivity contribution in [3.8, 4) is 5.75 Å². The van der Waals surface area contributed by atoms with Crippen LogP contribution in [0.2, 0.25) is 0 Å². The average molecular weight is 634 g/mol. The minimum atomic E-state index is -0.534. The number of carbonyl (C=O) groups is 3. The van der Waals surface area contributed by atoms with Gasteiger partial charge in [-0.2, -0.15) is 0 Å². The van der Waals surface area contributed by atoms with Crippen molar-refractivity contribution in [1.29, 1.82) is 0 Å². The van der Waals surface area contributed by atoms with E-state index in [9.17, 15) is 18.8 Å². The number of imide groups is 1. The number of para-hydroxylation sites is 1. The van der Waals surface area contributed by atoms with Crippen LogP contribution in [0, 0.1) is 12.7 Å². The van der Waals surface area contributed by atoms with Crippen molar-refractivity contribution < 1.29 is 23.5 Å². The lowest BCUT2D eigenvalue weighted by atomic mass is 10.2. The van der Waals surface area contributed by atoms with E-state index < -0.39 is 17.1 Å². The number of nitrogens with zero attached hydrogens (tertiary/aromatic N) is 1. The summed E-state index contributed by atoms with van der Waals surface area (Å²) in [5.74, 6) is -0.769. The molecule has 3 amide bonds. The molecule has 0 radical (unpaired) electrons. The van der Waals surface area contributed by atoms with Crippen molar-refractivity contribution in [2.45, 2.75) is 13.5 Å². The second kappa shape index (κ2) is 11.4. The summed E-state index contributed by atoms with van der Waals surface area (Å²) in [5.41, 5.74) is 2.96. The van der Waals surface area contributed by atoms with Gasteiger partial charge in [0.15, 0.2) is 0 Å². The van der Waals surface area contributed by atoms with Crippen molar-refractivity contribution in [3.05, 3.63) is 97.0 Å². The molecule has 1 heterocycles. The molecule has 0 unspecified atom stereocenters. The van der Waals surface area contributed by atoms with Crippen molar-refractivity contribution in [2.75, 3.05) is 11.9 Å². The number of thioether (sulfide) groups is 1. The number of ether oxygens (including phenoxy) is 1. The van der Waals surface area contributed by atoms with E-state index >= 15 is 0 Å². The summed E-state index contributed by atoms with van der Waals surface area (Å²) in [6.45, 7) is 1.72. The molecular formula is C26H19Br2FN2O4S. The second-order valence-electron chi connectivity index (χ2n) is 7.86. The highest BCUT2D eigenvalue weighted by molar-refractivity contribution is 9.11. The number of aryl methyl sites for hydroxylation is 1. The van der Waals surface area contributed by atoms with Crippen LogP contribution in [0.5, 0.6) is 5.75 Å². The number of hydrogen-bond acceptors (Lipinski definition) is 5. The van der Waals surface area contributed by atoms with Gasteiger partial charge in [-0.3, -0.25) is 19.3 Å². The van der Waals surface area contributed by atoms with E-state index in [2.05, 4.69) is 37.2 Å². The molecule has 1 N–H and O–H groups in total. The largest absolute Gasteiger partial charge is 0.487 e. The fraction of sp³-hybridized carbons (Fsp3) is 0.115. The monoisotopic (exact) mass is 632 g/mol. The number of amides is 3. The Morgan fingerprint density at radius 2 is 1.75 bits per heavy atom. The predicted molar refractivity (Wildman–Crippen MR) is 145 cm³/mol. The summed E-state index contributed by atoms with van der Waals surface area (Å²) >= 11 is 7.73. The summed E-state index contributed by atoms with van der Waals surface area (Å²) in [5, 5.41) is 2.22. The van der Waals surface area contributed by atoms with Crippen LogP contribution in [-0.4, -0.2) is 28.5 Å². The van der Waals surface area contributed by atoms with Crippen molar-refractivity contribution in [1.82, 2.24) is 4.90 Å². The van der Waals surface area contributed by atoms with Gasteiger partial charge < -0.3 is 10.1 Å². The van der Waals surface area contributed by atoms with Crippen LogP contribution in [0.1, 0.15) is 16.7 Å². The fourth-order valence-electron chi connectivity index (χ4n) is 3.37. The second-order valence-corrected chi connectivity index (χ2v) is 10.6. The molecule has 4 rings (SSSR count). The van der Waals surface area contributed by atoms with Gasteiger partial charge in [0.1, 0.15) is 24.7 Å². The first-order valence-electron chi connectivity index (χ1n) is 10.7. The van der Waals surface area contributed by atoms with Crippen molar-refractivity contribution in [3.63, 3.8) is 0 Å². The molecule has 1 saturated heterocycles. The molecule has 0 bridgehead atoms. The standard InChI is InChI=1S/C26H19Br2FN2O4S/c1-15-4-2-3-5-21(15)30-23(32)13-31-25(33)22(36-26(31)34)12-17-10-19(27)24(20(28)11-17)35-14-16-6-8-18(29)9-7-16/h2-12H,13-14H2,1H3,(H,30,32)/b22-12+. The highest BCUT2D eigenvalue weighted by atomic mass is 79.9. The topological polar surface area (TPSA) is 75.7 Å². The van der Waals surface area contributed by atoms with Crippen LogP contribution >= 0.6 is 43.6 Å². The molecule has 0 atom stereocenters. The number of benzene rings is 3. The molecule has 184 valence electrons. The zero-order valence-electron chi connectivity index (χ0n) is 18.9. The summed E-state index contributed by atoms with van der Waals surface area (Å²) in [6, 6.07) is 16.8. The number of halogens is 3. The molecule has 3 aromatic rings. The van der Waals surface area contributed by atoms with Crippen LogP contribution in [-0.2, 0) is 16.2 Å². The third-order valence-electron chi connectivity index (χ3n) is 5.21. The van der Waals surface area contributed by atoms with E-state index in [1.807, 2.05) is 19.1 Å². The number of hydrogen-bond donors (Lipinski definition) is 1. The van der Waals surface area contributed by atoms with Gasteiger partial charge in [0.2, 0.25) is 5.91 Å². The Morgan fingerprint density at radius 1 is 1.08 bits per heavy atom. The van der Waals surface area contributed by atoms with E-state index in [1.54, 1.807) is 42.5 Å². The highest BCUT2D eigenvalue weighted by Gasteiger charge is 2.36. The molecule has 1 aliphatic heterocycles. The normalized spacial score (nSPS) is 14.4. The summed E-state index contributed by atoms with van der Waals surface area (Å²) in [6.07, 6.45) is 1.59. The van der Waals surface area contributed by atoms with Gasteiger partial charge in [0.25, 0.3) is 11.1 Å². The van der Waals surface area contributed by atoms with Crippen LogP contribution in [0.3, 0.4) is 0 Å². The summed E-state index contributed by atoms with van der Waals surface area (Å²) < 4.78 is 20.2. The van der Waals surface area contributed by atoms with E-state index in [0.717, 1.165) is 27.8 Å². The third-order valence-corrected chi connectivity index (χ3v) is 7.29. The Kier molecular flexibility index (Phi) is 8.28. The maximum atomic E-state index is 13.1. The average Bonchev–Trinajstić information content (AvgIpc) is 3.08. The van der Waals surface area contributed by atoms with Gasteiger partial charge in [-0.1, -0.05) is 30.3 Å². The smallest absolute Gasteiger partial charge is 0.294 e. The van der Waals surface area contributed by atoms with E-state index in [0.29, 0.717) is 25.9 Å². The maximum Gasteiger partial charge on any atom is 0.294 e. The molecule has 10 heteroatoms. The minimum absolute atomic E-state index is 0.211. The number of rotatable bonds is 7. The Balaban J connectivity index is 1.44. The van der Waals surface area contributed by atoms with Crippen molar-refractivity contribution in [2.24, 2.45) is 0 Å². The van der Waals surface area contributed by atoms with Gasteiger partial charge in [-0.25, -0.2) is 4.39 Å². The van der Waals surface area contributed by atoms with Crippen LogP contribution < -0.4 is 10.1 Å². The molecule has 36 heavy (non-hydrogen) atoms. The number of carbonyl (C=O) groups excluding carboxylic acids is 3. The van der Waals surface area contributed by atoms with Gasteiger partial charge >= 0.3 is 0 Å². The minimum Gasteiger partial charge on any atom is -0.487 e. The Morgan fingerprint density at radius 3 is 2.42 bits per heavy atom. The number of anilines is 1. The van der Waals surface area contributed by atoms with E-state index in [4.69, 9.17) is 4.74 Å². The molecule has 0 aromatic heterocycles. The highest BCUT2D eigenvalue weighted by Crippen LogP contribution is 2.38. The van der Waals surface area contributed by atoms with Gasteiger partial charge in [-0.15, -0.1) is 0 Å². The maximum absolute atomic E-state index is 13.1. The molecule has 1 aliphatic rings. The van der Waals surface area contributed by atoms with E-state index in [-0.39, 0.29) is 23.9 Å². The van der Waals surface area contributed by atoms with Crippen LogP contribution in [0.4, 0.5) is 14.9 Å². The molecule has 0 spiro atoms. The predicted octanol–water partition coefficient (Wildman–Crippen LogP) is 6.91. The first-order valence-corrected chi connectivity index (χ1v) is 13.1. The van der Waals surface area contributed by atoms with Crippen LogP contribution in [0.25, 0.3) is 6.08 Å². The van der Waals surface area contributed by atoms with Gasteiger partial charge in [-0.05, 0) is 104 Å². The molecule has 1 fully saturated rings. The van der Waals surface area contributed by atoms with Gasteiger partial charge in [0, 0.05) is 5.69 Å². The quantitative estimate of drug-likeness (QED) is 0.286. The zero-order valence-corrected chi connectivity index (χ0v) is 22.9. The molecule has 3 aromatic carbocycles. The Bertz CT molecular complexity index is 1360. The molecule has 6 nitrogen and oxygen atoms in total. The van der Waals surface area contributed by atoms with E-state index in [1.165, 1.54) is 12.1 Å². The molecular weight excluding hydrogens is 615 g/mol. The molecule has 0 aliphatic carbocycles. The zero-order chi connectivity index (χ0) is 25.8. The number of nitrogens with one attached hydrogen (secondary N) is 1. The lowest BCUT2D eigenvalue weighted by molar-refractivity contribution is -0.127. The summed E-state index contributed by atoms with van der Waals surface area (Å²) in [4.78, 5) is 38.9. The van der Waals surface area contributed by atoms with Crippen molar-refractivity contribution >= 4 is 72.4 Å². The first-order chi connectivity index (χ1) is 17.2. The first kappa shape index (κ1) is 26.1. The Hall–Kier alpha value is -2.95. The molecule has 0 saturated carbocycles. The third kappa shape index (κ3) is 6.24. The van der Waals surface area contributed by atoms with Gasteiger partial charge in [0.05, 0.1) is 13.9 Å². The fourth-order valence-corrected chi connectivity index (χ4v) is 5.66. The summed E-state index contributed by atoms with van der Waals surface area (Å²) in [7, 11) is 0. The Labute approximate surface area is 228 Å². The lowest BCUT2D eigenvalue weighted by Crippen LogP contribution is -2.36. The lowest BCUT2D eigenvalue weighted by Gasteiger charge is -2.13. The van der Waals surface area contributed by atoms with Crippen LogP contribution in [0.15, 0.2) is 74.5 Å². The SMILES string of the molecule is Cc1ccccc1NC(=O)CN1C(=O)S/C(=C/c2cc(Br)c(OCc3ccc(F)cc3)c(Br)c2)C1=O.